The maximum absolute atomic E-state index is 12.2. The van der Waals surface area contributed by atoms with Crippen molar-refractivity contribution in [3.05, 3.63) is 64.7 Å². The van der Waals surface area contributed by atoms with E-state index in [0.29, 0.717) is 5.56 Å². The third-order valence-electron chi connectivity index (χ3n) is 4.83. The van der Waals surface area contributed by atoms with E-state index in [1.54, 1.807) is 0 Å². The summed E-state index contributed by atoms with van der Waals surface area (Å²) >= 11 is 0. The van der Waals surface area contributed by atoms with Gasteiger partial charge in [-0.25, -0.2) is 0 Å². The summed E-state index contributed by atoms with van der Waals surface area (Å²) in [6, 6.07) is 13.6. The van der Waals surface area contributed by atoms with E-state index in [4.69, 9.17) is 0 Å². The molecule has 2 N–H and O–H groups in total. The maximum atomic E-state index is 12.2. The van der Waals surface area contributed by atoms with Gasteiger partial charge in [0.15, 0.2) is 0 Å². The van der Waals surface area contributed by atoms with Crippen LogP contribution in [0.5, 0.6) is 0 Å². The molecule has 1 aliphatic rings. The van der Waals surface area contributed by atoms with Gasteiger partial charge < -0.3 is 10.6 Å². The fraction of sp³-hybridized carbons (Fsp3) is 0.364. The summed E-state index contributed by atoms with van der Waals surface area (Å²) in [7, 11) is 0. The highest BCUT2D eigenvalue weighted by atomic mass is 16.2. The Kier molecular flexibility index (Phi) is 6.05. The molecule has 2 amide bonds. The molecule has 0 heterocycles. The largest absolute Gasteiger partial charge is 0.343 e. The quantitative estimate of drug-likeness (QED) is 0.796. The SMILES string of the molecule is CCCCc1ccc(C(=O)NCC(=O)Nc2ccc3c(c2)CCC3)cc1. The summed E-state index contributed by atoms with van der Waals surface area (Å²) in [5, 5.41) is 5.54. The topological polar surface area (TPSA) is 58.2 Å². The molecule has 0 spiro atoms. The number of amides is 2. The van der Waals surface area contributed by atoms with Crippen molar-refractivity contribution < 1.29 is 9.59 Å². The number of anilines is 1. The molecule has 1 aliphatic carbocycles. The average molecular weight is 350 g/mol. The predicted molar refractivity (Wildman–Crippen MR) is 104 cm³/mol. The van der Waals surface area contributed by atoms with Crippen LogP contribution >= 0.6 is 0 Å². The molecule has 0 saturated heterocycles. The summed E-state index contributed by atoms with van der Waals surface area (Å²) in [5.74, 6) is -0.438. The molecule has 0 atom stereocenters. The lowest BCUT2D eigenvalue weighted by Crippen LogP contribution is -2.32. The number of aryl methyl sites for hydroxylation is 3. The number of hydrogen-bond donors (Lipinski definition) is 2. The van der Waals surface area contributed by atoms with Crippen molar-refractivity contribution in [2.45, 2.75) is 45.4 Å². The highest BCUT2D eigenvalue weighted by Gasteiger charge is 2.12. The second-order valence-corrected chi connectivity index (χ2v) is 6.87. The number of benzene rings is 2. The van der Waals surface area contributed by atoms with Gasteiger partial charge in [0.2, 0.25) is 5.91 Å². The highest BCUT2D eigenvalue weighted by molar-refractivity contribution is 5.99. The normalized spacial score (nSPS) is 12.5. The first-order valence-corrected chi connectivity index (χ1v) is 9.44. The van der Waals surface area contributed by atoms with E-state index in [1.165, 1.54) is 23.1 Å². The van der Waals surface area contributed by atoms with Crippen molar-refractivity contribution in [2.75, 3.05) is 11.9 Å². The number of rotatable bonds is 7. The van der Waals surface area contributed by atoms with Gasteiger partial charge in [-0.3, -0.25) is 9.59 Å². The molecule has 2 aromatic rings. The van der Waals surface area contributed by atoms with Crippen LogP contribution in [-0.4, -0.2) is 18.4 Å². The monoisotopic (exact) mass is 350 g/mol. The van der Waals surface area contributed by atoms with Gasteiger partial charge in [-0.15, -0.1) is 0 Å². The Bertz CT molecular complexity index is 781. The first kappa shape index (κ1) is 18.2. The third kappa shape index (κ3) is 4.72. The molecular weight excluding hydrogens is 324 g/mol. The van der Waals surface area contributed by atoms with Crippen LogP contribution < -0.4 is 10.6 Å². The van der Waals surface area contributed by atoms with Crippen molar-refractivity contribution in [3.8, 4) is 0 Å². The maximum Gasteiger partial charge on any atom is 0.251 e. The Hall–Kier alpha value is -2.62. The zero-order chi connectivity index (χ0) is 18.4. The third-order valence-corrected chi connectivity index (χ3v) is 4.83. The van der Waals surface area contributed by atoms with Gasteiger partial charge in [0.25, 0.3) is 5.91 Å². The Morgan fingerprint density at radius 1 is 1.00 bits per heavy atom. The lowest BCUT2D eigenvalue weighted by atomic mass is 10.1. The minimum Gasteiger partial charge on any atom is -0.343 e. The predicted octanol–water partition coefficient (Wildman–Crippen LogP) is 3.89. The fourth-order valence-corrected chi connectivity index (χ4v) is 3.32. The molecule has 136 valence electrons. The van der Waals surface area contributed by atoms with Gasteiger partial charge in [0.05, 0.1) is 6.54 Å². The van der Waals surface area contributed by atoms with Crippen molar-refractivity contribution >= 4 is 17.5 Å². The Labute approximate surface area is 155 Å². The van der Waals surface area contributed by atoms with Crippen LogP contribution in [-0.2, 0) is 24.1 Å². The molecule has 4 heteroatoms. The molecule has 0 aromatic heterocycles. The van der Waals surface area contributed by atoms with Crippen molar-refractivity contribution in [3.63, 3.8) is 0 Å². The van der Waals surface area contributed by atoms with Crippen LogP contribution in [0.25, 0.3) is 0 Å². The second-order valence-electron chi connectivity index (χ2n) is 6.87. The summed E-state index contributed by atoms with van der Waals surface area (Å²) in [6.45, 7) is 2.13. The molecular formula is C22H26N2O2. The van der Waals surface area contributed by atoms with Gasteiger partial charge in [-0.1, -0.05) is 31.5 Å². The first-order chi connectivity index (χ1) is 12.7. The zero-order valence-corrected chi connectivity index (χ0v) is 15.3. The number of carbonyl (C=O) groups is 2. The molecule has 2 aromatic carbocycles. The molecule has 0 radical (unpaired) electrons. The van der Waals surface area contributed by atoms with Gasteiger partial charge >= 0.3 is 0 Å². The first-order valence-electron chi connectivity index (χ1n) is 9.44. The lowest BCUT2D eigenvalue weighted by Gasteiger charge is -2.09. The van der Waals surface area contributed by atoms with E-state index in [-0.39, 0.29) is 18.4 Å². The Morgan fingerprint density at radius 2 is 1.77 bits per heavy atom. The van der Waals surface area contributed by atoms with E-state index < -0.39 is 0 Å². The molecule has 3 rings (SSSR count). The zero-order valence-electron chi connectivity index (χ0n) is 15.3. The molecule has 0 saturated carbocycles. The van der Waals surface area contributed by atoms with Crippen molar-refractivity contribution in [1.82, 2.24) is 5.32 Å². The number of unbranched alkanes of at least 4 members (excludes halogenated alkanes) is 1. The van der Waals surface area contributed by atoms with Crippen LogP contribution in [0.4, 0.5) is 5.69 Å². The number of carbonyl (C=O) groups excluding carboxylic acids is 2. The summed E-state index contributed by atoms with van der Waals surface area (Å²) in [4.78, 5) is 24.3. The van der Waals surface area contributed by atoms with E-state index in [9.17, 15) is 9.59 Å². The molecule has 0 fully saturated rings. The smallest absolute Gasteiger partial charge is 0.251 e. The Balaban J connectivity index is 1.48. The van der Waals surface area contributed by atoms with Gasteiger partial charge in [-0.05, 0) is 73.1 Å². The van der Waals surface area contributed by atoms with E-state index in [2.05, 4.69) is 23.6 Å². The number of hydrogen-bond acceptors (Lipinski definition) is 2. The van der Waals surface area contributed by atoms with Crippen LogP contribution in [0.15, 0.2) is 42.5 Å². The van der Waals surface area contributed by atoms with Crippen LogP contribution in [0.2, 0.25) is 0 Å². The molecule has 26 heavy (non-hydrogen) atoms. The van der Waals surface area contributed by atoms with Crippen molar-refractivity contribution in [2.24, 2.45) is 0 Å². The van der Waals surface area contributed by atoms with Crippen LogP contribution in [0.3, 0.4) is 0 Å². The molecule has 0 bridgehead atoms. The second kappa shape index (κ2) is 8.65. The molecule has 0 unspecified atom stereocenters. The lowest BCUT2D eigenvalue weighted by molar-refractivity contribution is -0.115. The van der Waals surface area contributed by atoms with Crippen LogP contribution in [0, 0.1) is 0 Å². The summed E-state index contributed by atoms with van der Waals surface area (Å²) in [5.41, 5.74) is 5.30. The van der Waals surface area contributed by atoms with E-state index >= 15 is 0 Å². The summed E-state index contributed by atoms with van der Waals surface area (Å²) < 4.78 is 0. The standard InChI is InChI=1S/C22H26N2O2/c1-2-3-5-16-8-10-18(11-9-16)22(26)23-15-21(25)24-20-13-12-17-6-4-7-19(17)14-20/h8-14H,2-7,15H2,1H3,(H,23,26)(H,24,25). The van der Waals surface area contributed by atoms with Crippen LogP contribution in [0.1, 0.15) is 53.2 Å². The van der Waals surface area contributed by atoms with Gasteiger partial charge in [0, 0.05) is 11.3 Å². The minimum atomic E-state index is -0.226. The molecule has 0 aliphatic heterocycles. The average Bonchev–Trinajstić information content (AvgIpc) is 3.12. The van der Waals surface area contributed by atoms with Crippen molar-refractivity contribution in [1.29, 1.82) is 0 Å². The van der Waals surface area contributed by atoms with Gasteiger partial charge in [-0.2, -0.15) is 0 Å². The number of fused-ring (bicyclic) bond motifs is 1. The van der Waals surface area contributed by atoms with E-state index in [1.807, 2.05) is 36.4 Å². The minimum absolute atomic E-state index is 0.0342. The number of nitrogens with one attached hydrogen (secondary N) is 2. The fourth-order valence-electron chi connectivity index (χ4n) is 3.32. The highest BCUT2D eigenvalue weighted by Crippen LogP contribution is 2.24. The molecule has 4 nitrogen and oxygen atoms in total. The van der Waals surface area contributed by atoms with E-state index in [0.717, 1.165) is 37.8 Å². The summed E-state index contributed by atoms with van der Waals surface area (Å²) in [6.07, 6.45) is 6.71. The van der Waals surface area contributed by atoms with Gasteiger partial charge in [0.1, 0.15) is 0 Å². The Morgan fingerprint density at radius 3 is 2.54 bits per heavy atom.